The summed E-state index contributed by atoms with van der Waals surface area (Å²) in [6.45, 7) is 5.19. The molecule has 0 saturated heterocycles. The number of nitrogens with zero attached hydrogens (tertiary/aromatic N) is 3. The van der Waals surface area contributed by atoms with Gasteiger partial charge in [0.05, 0.1) is 17.3 Å². The number of carbonyl (C=O) groups is 2. The Bertz CT molecular complexity index is 1060. The van der Waals surface area contributed by atoms with Crippen LogP contribution in [-0.2, 0) is 11.3 Å². The SMILES string of the molecule is CC(C)CCNC(=O)NC(=O)CSc1nnc(-c2ccccc2Cl)n1Cc1ccccc1. The van der Waals surface area contributed by atoms with Crippen LogP contribution >= 0.6 is 23.4 Å². The highest BCUT2D eigenvalue weighted by atomic mass is 35.5. The van der Waals surface area contributed by atoms with Crippen molar-refractivity contribution in [2.24, 2.45) is 5.92 Å². The van der Waals surface area contributed by atoms with Crippen LogP contribution in [0.2, 0.25) is 5.02 Å². The molecule has 2 N–H and O–H groups in total. The number of carbonyl (C=O) groups excluding carboxylic acids is 2. The average molecular weight is 472 g/mol. The van der Waals surface area contributed by atoms with E-state index in [4.69, 9.17) is 11.6 Å². The van der Waals surface area contributed by atoms with E-state index in [0.717, 1.165) is 17.5 Å². The van der Waals surface area contributed by atoms with E-state index in [1.165, 1.54) is 11.8 Å². The van der Waals surface area contributed by atoms with Crippen LogP contribution in [0, 0.1) is 5.92 Å². The third-order valence-corrected chi connectivity index (χ3v) is 5.90. The Kier molecular flexibility index (Phi) is 8.70. The van der Waals surface area contributed by atoms with Gasteiger partial charge in [0.25, 0.3) is 0 Å². The topological polar surface area (TPSA) is 88.9 Å². The van der Waals surface area contributed by atoms with Gasteiger partial charge in [0.2, 0.25) is 5.91 Å². The van der Waals surface area contributed by atoms with Gasteiger partial charge in [0.1, 0.15) is 0 Å². The van der Waals surface area contributed by atoms with Crippen LogP contribution in [0.3, 0.4) is 0 Å². The second-order valence-corrected chi connectivity index (χ2v) is 8.98. The van der Waals surface area contributed by atoms with E-state index in [1.807, 2.05) is 53.1 Å². The molecule has 1 heterocycles. The maximum absolute atomic E-state index is 12.3. The maximum Gasteiger partial charge on any atom is 0.321 e. The zero-order valence-corrected chi connectivity index (χ0v) is 19.6. The molecule has 0 unspecified atom stereocenters. The number of imide groups is 1. The quantitative estimate of drug-likeness (QED) is 0.445. The first-order chi connectivity index (χ1) is 15.4. The maximum atomic E-state index is 12.3. The molecule has 32 heavy (non-hydrogen) atoms. The summed E-state index contributed by atoms with van der Waals surface area (Å²) in [7, 11) is 0. The van der Waals surface area contributed by atoms with Crippen LogP contribution in [-0.4, -0.2) is 39.0 Å². The van der Waals surface area contributed by atoms with E-state index in [0.29, 0.717) is 35.0 Å². The largest absolute Gasteiger partial charge is 0.338 e. The molecular weight excluding hydrogens is 446 g/mol. The number of hydrogen-bond donors (Lipinski definition) is 2. The van der Waals surface area contributed by atoms with Crippen LogP contribution in [0.4, 0.5) is 4.79 Å². The normalized spacial score (nSPS) is 10.9. The summed E-state index contributed by atoms with van der Waals surface area (Å²) in [6.07, 6.45) is 0.851. The van der Waals surface area contributed by atoms with E-state index in [-0.39, 0.29) is 5.75 Å². The molecule has 0 spiro atoms. The minimum Gasteiger partial charge on any atom is -0.338 e. The van der Waals surface area contributed by atoms with Crippen LogP contribution in [0.5, 0.6) is 0 Å². The lowest BCUT2D eigenvalue weighted by Gasteiger charge is -2.11. The first kappa shape index (κ1) is 23.8. The van der Waals surface area contributed by atoms with Gasteiger partial charge in [0, 0.05) is 12.1 Å². The van der Waals surface area contributed by atoms with Crippen molar-refractivity contribution < 1.29 is 9.59 Å². The highest BCUT2D eigenvalue weighted by Gasteiger charge is 2.18. The summed E-state index contributed by atoms with van der Waals surface area (Å²) in [4.78, 5) is 24.1. The number of benzene rings is 2. The van der Waals surface area contributed by atoms with Crippen LogP contribution in [0.25, 0.3) is 11.4 Å². The predicted molar refractivity (Wildman–Crippen MR) is 128 cm³/mol. The number of amides is 3. The first-order valence-corrected chi connectivity index (χ1v) is 11.7. The predicted octanol–water partition coefficient (Wildman–Crippen LogP) is 4.61. The molecule has 0 fully saturated rings. The molecule has 0 aliphatic carbocycles. The van der Waals surface area contributed by atoms with Gasteiger partial charge in [-0.1, -0.05) is 79.7 Å². The average Bonchev–Trinajstić information content (AvgIpc) is 3.15. The van der Waals surface area contributed by atoms with Gasteiger partial charge < -0.3 is 5.32 Å². The fraction of sp³-hybridized carbons (Fsp3) is 0.304. The second-order valence-electron chi connectivity index (χ2n) is 7.63. The fourth-order valence-electron chi connectivity index (χ4n) is 2.96. The van der Waals surface area contributed by atoms with E-state index in [1.54, 1.807) is 6.07 Å². The molecular formula is C23H26ClN5O2S. The standard InChI is InChI=1S/C23H26ClN5O2S/c1-16(2)12-13-25-22(31)26-20(30)15-32-23-28-27-21(18-10-6-7-11-19(18)24)29(23)14-17-8-4-3-5-9-17/h3-11,16H,12-15H2,1-2H3,(H2,25,26,30,31). The van der Waals surface area contributed by atoms with Crippen molar-refractivity contribution in [2.75, 3.05) is 12.3 Å². The highest BCUT2D eigenvalue weighted by Crippen LogP contribution is 2.29. The van der Waals surface area contributed by atoms with Crippen molar-refractivity contribution in [1.29, 1.82) is 0 Å². The number of thioether (sulfide) groups is 1. The summed E-state index contributed by atoms with van der Waals surface area (Å²) in [5.41, 5.74) is 1.83. The summed E-state index contributed by atoms with van der Waals surface area (Å²) < 4.78 is 1.93. The summed E-state index contributed by atoms with van der Waals surface area (Å²) >= 11 is 7.61. The number of urea groups is 1. The van der Waals surface area contributed by atoms with E-state index in [2.05, 4.69) is 34.7 Å². The molecule has 3 rings (SSSR count). The Morgan fingerprint density at radius 2 is 1.78 bits per heavy atom. The van der Waals surface area contributed by atoms with Crippen LogP contribution in [0.15, 0.2) is 59.8 Å². The number of aromatic nitrogens is 3. The number of rotatable bonds is 9. The molecule has 3 aromatic rings. The molecule has 168 valence electrons. The summed E-state index contributed by atoms with van der Waals surface area (Å²) in [5.74, 6) is 0.733. The number of hydrogen-bond acceptors (Lipinski definition) is 5. The third-order valence-electron chi connectivity index (χ3n) is 4.61. The van der Waals surface area contributed by atoms with Crippen molar-refractivity contribution in [1.82, 2.24) is 25.4 Å². The molecule has 0 bridgehead atoms. The fourth-order valence-corrected chi connectivity index (χ4v) is 3.92. The molecule has 7 nitrogen and oxygen atoms in total. The molecule has 9 heteroatoms. The van der Waals surface area contributed by atoms with Crippen molar-refractivity contribution in [3.05, 3.63) is 65.2 Å². The Morgan fingerprint density at radius 1 is 1.06 bits per heavy atom. The van der Waals surface area contributed by atoms with Crippen molar-refractivity contribution in [3.8, 4) is 11.4 Å². The Hall–Kier alpha value is -2.84. The Balaban J connectivity index is 1.71. The minimum atomic E-state index is -0.487. The monoisotopic (exact) mass is 471 g/mol. The number of nitrogens with one attached hydrogen (secondary N) is 2. The molecule has 0 radical (unpaired) electrons. The van der Waals surface area contributed by atoms with E-state index in [9.17, 15) is 9.59 Å². The van der Waals surface area contributed by atoms with Crippen LogP contribution in [0.1, 0.15) is 25.8 Å². The van der Waals surface area contributed by atoms with E-state index < -0.39 is 11.9 Å². The smallest absolute Gasteiger partial charge is 0.321 e. The van der Waals surface area contributed by atoms with Gasteiger partial charge in [0.15, 0.2) is 11.0 Å². The molecule has 0 aliphatic rings. The molecule has 0 atom stereocenters. The molecule has 1 aromatic heterocycles. The highest BCUT2D eigenvalue weighted by molar-refractivity contribution is 7.99. The second kappa shape index (κ2) is 11.7. The molecule has 0 saturated carbocycles. The zero-order chi connectivity index (χ0) is 22.9. The van der Waals surface area contributed by atoms with Gasteiger partial charge in [-0.05, 0) is 30.0 Å². The summed E-state index contributed by atoms with van der Waals surface area (Å²) in [5, 5.41) is 14.8. The van der Waals surface area contributed by atoms with Crippen molar-refractivity contribution in [3.63, 3.8) is 0 Å². The lowest BCUT2D eigenvalue weighted by atomic mass is 10.1. The van der Waals surface area contributed by atoms with Gasteiger partial charge in [-0.2, -0.15) is 0 Å². The Morgan fingerprint density at radius 3 is 2.50 bits per heavy atom. The van der Waals surface area contributed by atoms with Crippen molar-refractivity contribution in [2.45, 2.75) is 32.0 Å². The van der Waals surface area contributed by atoms with Gasteiger partial charge >= 0.3 is 6.03 Å². The minimum absolute atomic E-state index is 0.0348. The first-order valence-electron chi connectivity index (χ1n) is 10.4. The van der Waals surface area contributed by atoms with Gasteiger partial charge in [-0.3, -0.25) is 14.7 Å². The Labute approximate surface area is 197 Å². The molecule has 2 aromatic carbocycles. The lowest BCUT2D eigenvalue weighted by molar-refractivity contribution is -0.117. The molecule has 0 aliphatic heterocycles. The molecule has 3 amide bonds. The number of halogens is 1. The van der Waals surface area contributed by atoms with Crippen molar-refractivity contribution >= 4 is 35.3 Å². The summed E-state index contributed by atoms with van der Waals surface area (Å²) in [6, 6.07) is 16.9. The van der Waals surface area contributed by atoms with Crippen LogP contribution < -0.4 is 10.6 Å². The van der Waals surface area contributed by atoms with Gasteiger partial charge in [-0.15, -0.1) is 10.2 Å². The van der Waals surface area contributed by atoms with E-state index >= 15 is 0 Å². The zero-order valence-electron chi connectivity index (χ0n) is 18.0. The van der Waals surface area contributed by atoms with Gasteiger partial charge in [-0.25, -0.2) is 4.79 Å². The third kappa shape index (κ3) is 6.83. The lowest BCUT2D eigenvalue weighted by Crippen LogP contribution is -2.40.